The molecular formula is C12H18ClN5. The highest BCUT2D eigenvalue weighted by atomic mass is 35.5. The fourth-order valence-electron chi connectivity index (χ4n) is 1.87. The summed E-state index contributed by atoms with van der Waals surface area (Å²) >= 11 is 6.23. The van der Waals surface area contributed by atoms with Crippen LogP contribution in [0.5, 0.6) is 0 Å². The van der Waals surface area contributed by atoms with E-state index in [4.69, 9.17) is 11.6 Å². The van der Waals surface area contributed by atoms with Gasteiger partial charge in [0.25, 0.3) is 0 Å². The Morgan fingerprint density at radius 2 is 2.28 bits per heavy atom. The summed E-state index contributed by atoms with van der Waals surface area (Å²) in [5.41, 5.74) is 1.94. The maximum Gasteiger partial charge on any atom is 0.0860 e. The Hall–Kier alpha value is -1.33. The van der Waals surface area contributed by atoms with Gasteiger partial charge in [-0.1, -0.05) is 11.6 Å². The van der Waals surface area contributed by atoms with E-state index >= 15 is 0 Å². The predicted molar refractivity (Wildman–Crippen MR) is 71.6 cm³/mol. The van der Waals surface area contributed by atoms with Crippen LogP contribution in [-0.4, -0.2) is 26.1 Å². The van der Waals surface area contributed by atoms with Gasteiger partial charge in [-0.3, -0.25) is 9.36 Å². The third-order valence-electron chi connectivity index (χ3n) is 2.82. The standard InChI is InChI=1S/C12H18ClN5/c1-3-18-11(12(13)10(2)16-18)9-14-6-8-17-7-4-5-15-17/h4-5,7,14H,3,6,8-9H2,1-2H3. The molecule has 0 radical (unpaired) electrons. The topological polar surface area (TPSA) is 47.7 Å². The first-order valence-electron chi connectivity index (χ1n) is 6.12. The summed E-state index contributed by atoms with van der Waals surface area (Å²) in [7, 11) is 0. The Bertz CT molecular complexity index is 489. The minimum Gasteiger partial charge on any atom is -0.309 e. The second-order valence-electron chi connectivity index (χ2n) is 4.11. The predicted octanol–water partition coefficient (Wildman–Crippen LogP) is 1.85. The van der Waals surface area contributed by atoms with Crippen LogP contribution in [0.3, 0.4) is 0 Å². The lowest BCUT2D eigenvalue weighted by molar-refractivity contribution is 0.531. The highest BCUT2D eigenvalue weighted by Crippen LogP contribution is 2.19. The number of nitrogens with one attached hydrogen (secondary N) is 1. The van der Waals surface area contributed by atoms with Gasteiger partial charge in [-0.25, -0.2) is 0 Å². The molecule has 2 rings (SSSR count). The smallest absolute Gasteiger partial charge is 0.0860 e. The molecule has 18 heavy (non-hydrogen) atoms. The highest BCUT2D eigenvalue weighted by molar-refractivity contribution is 6.31. The summed E-state index contributed by atoms with van der Waals surface area (Å²) in [4.78, 5) is 0. The molecule has 0 aliphatic rings. The van der Waals surface area contributed by atoms with Crippen molar-refractivity contribution >= 4 is 11.6 Å². The number of halogens is 1. The van der Waals surface area contributed by atoms with Gasteiger partial charge >= 0.3 is 0 Å². The Morgan fingerprint density at radius 3 is 2.94 bits per heavy atom. The maximum absolute atomic E-state index is 6.23. The van der Waals surface area contributed by atoms with E-state index in [2.05, 4.69) is 22.4 Å². The van der Waals surface area contributed by atoms with Gasteiger partial charge in [-0.2, -0.15) is 10.2 Å². The molecule has 0 aliphatic heterocycles. The van der Waals surface area contributed by atoms with Crippen molar-refractivity contribution in [1.82, 2.24) is 24.9 Å². The number of rotatable bonds is 6. The van der Waals surface area contributed by atoms with E-state index < -0.39 is 0 Å². The number of aryl methyl sites for hydroxylation is 2. The molecule has 0 amide bonds. The molecule has 2 aromatic heterocycles. The molecule has 0 saturated carbocycles. The summed E-state index contributed by atoms with van der Waals surface area (Å²) in [6.45, 7) is 7.27. The summed E-state index contributed by atoms with van der Waals surface area (Å²) in [5.74, 6) is 0. The zero-order chi connectivity index (χ0) is 13.0. The largest absolute Gasteiger partial charge is 0.309 e. The Kier molecular flexibility index (Phi) is 4.38. The van der Waals surface area contributed by atoms with E-state index in [9.17, 15) is 0 Å². The van der Waals surface area contributed by atoms with Crippen molar-refractivity contribution in [3.63, 3.8) is 0 Å². The summed E-state index contributed by atoms with van der Waals surface area (Å²) < 4.78 is 3.84. The second kappa shape index (κ2) is 6.02. The first kappa shape index (κ1) is 13.1. The van der Waals surface area contributed by atoms with Gasteiger partial charge < -0.3 is 5.32 Å². The number of hydrogen-bond donors (Lipinski definition) is 1. The number of aromatic nitrogens is 4. The van der Waals surface area contributed by atoms with Crippen LogP contribution in [0.25, 0.3) is 0 Å². The average Bonchev–Trinajstić information content (AvgIpc) is 2.96. The van der Waals surface area contributed by atoms with Gasteiger partial charge in [0.15, 0.2) is 0 Å². The lowest BCUT2D eigenvalue weighted by Gasteiger charge is -2.07. The number of hydrogen-bond acceptors (Lipinski definition) is 3. The van der Waals surface area contributed by atoms with Crippen LogP contribution in [-0.2, 0) is 19.6 Å². The third kappa shape index (κ3) is 2.91. The van der Waals surface area contributed by atoms with E-state index in [1.807, 2.05) is 28.6 Å². The van der Waals surface area contributed by atoms with Crippen LogP contribution in [0.1, 0.15) is 18.3 Å². The maximum atomic E-state index is 6.23. The van der Waals surface area contributed by atoms with Crippen LogP contribution in [0, 0.1) is 6.92 Å². The van der Waals surface area contributed by atoms with Crippen LogP contribution in [0.4, 0.5) is 0 Å². The minimum absolute atomic E-state index is 0.731. The van der Waals surface area contributed by atoms with Gasteiger partial charge in [-0.05, 0) is 19.9 Å². The van der Waals surface area contributed by atoms with E-state index in [1.54, 1.807) is 6.20 Å². The monoisotopic (exact) mass is 267 g/mol. The molecule has 0 fully saturated rings. The lowest BCUT2D eigenvalue weighted by atomic mass is 10.3. The van der Waals surface area contributed by atoms with Crippen molar-refractivity contribution in [2.45, 2.75) is 33.5 Å². The van der Waals surface area contributed by atoms with E-state index in [0.717, 1.165) is 42.6 Å². The van der Waals surface area contributed by atoms with E-state index in [0.29, 0.717) is 0 Å². The molecule has 2 aromatic rings. The fourth-order valence-corrected chi connectivity index (χ4v) is 2.07. The fraction of sp³-hybridized carbons (Fsp3) is 0.500. The molecule has 0 spiro atoms. The van der Waals surface area contributed by atoms with Crippen LogP contribution in [0.2, 0.25) is 5.02 Å². The summed E-state index contributed by atoms with van der Waals surface area (Å²) in [5, 5.41) is 12.7. The molecule has 0 bridgehead atoms. The van der Waals surface area contributed by atoms with Gasteiger partial charge in [0, 0.05) is 32.0 Å². The molecule has 0 atom stereocenters. The summed E-state index contributed by atoms with van der Waals surface area (Å²) in [6, 6.07) is 1.92. The van der Waals surface area contributed by atoms with Crippen LogP contribution < -0.4 is 5.32 Å². The van der Waals surface area contributed by atoms with Crippen LogP contribution in [0.15, 0.2) is 18.5 Å². The first-order valence-corrected chi connectivity index (χ1v) is 6.50. The molecule has 5 nitrogen and oxygen atoms in total. The molecule has 98 valence electrons. The van der Waals surface area contributed by atoms with Gasteiger partial charge in [-0.15, -0.1) is 0 Å². The molecule has 0 aromatic carbocycles. The van der Waals surface area contributed by atoms with Crippen molar-refractivity contribution in [3.8, 4) is 0 Å². The van der Waals surface area contributed by atoms with Crippen molar-refractivity contribution in [1.29, 1.82) is 0 Å². The Labute approximate surface area is 112 Å². The second-order valence-corrected chi connectivity index (χ2v) is 4.49. The van der Waals surface area contributed by atoms with E-state index in [-0.39, 0.29) is 0 Å². The lowest BCUT2D eigenvalue weighted by Crippen LogP contribution is -2.21. The zero-order valence-corrected chi connectivity index (χ0v) is 11.5. The third-order valence-corrected chi connectivity index (χ3v) is 3.31. The quantitative estimate of drug-likeness (QED) is 0.813. The van der Waals surface area contributed by atoms with Crippen molar-refractivity contribution in [2.75, 3.05) is 6.54 Å². The molecular weight excluding hydrogens is 250 g/mol. The zero-order valence-electron chi connectivity index (χ0n) is 10.7. The van der Waals surface area contributed by atoms with Gasteiger partial charge in [0.2, 0.25) is 0 Å². The highest BCUT2D eigenvalue weighted by Gasteiger charge is 2.11. The molecule has 0 aliphatic carbocycles. The van der Waals surface area contributed by atoms with Crippen molar-refractivity contribution in [3.05, 3.63) is 34.9 Å². The van der Waals surface area contributed by atoms with E-state index in [1.165, 1.54) is 0 Å². The molecule has 6 heteroatoms. The van der Waals surface area contributed by atoms with Crippen molar-refractivity contribution in [2.24, 2.45) is 0 Å². The van der Waals surface area contributed by atoms with Crippen LogP contribution >= 0.6 is 11.6 Å². The van der Waals surface area contributed by atoms with Crippen molar-refractivity contribution < 1.29 is 0 Å². The Balaban J connectivity index is 1.86. The number of nitrogens with zero attached hydrogens (tertiary/aromatic N) is 4. The average molecular weight is 268 g/mol. The molecule has 0 unspecified atom stereocenters. The van der Waals surface area contributed by atoms with Gasteiger partial charge in [0.05, 0.1) is 23.0 Å². The first-order chi connectivity index (χ1) is 8.72. The summed E-state index contributed by atoms with van der Waals surface area (Å²) in [6.07, 6.45) is 3.74. The molecule has 0 saturated heterocycles. The molecule has 1 N–H and O–H groups in total. The normalized spacial score (nSPS) is 11.1. The SMILES string of the molecule is CCn1nc(C)c(Cl)c1CNCCn1cccn1. The van der Waals surface area contributed by atoms with Gasteiger partial charge in [0.1, 0.15) is 0 Å². The minimum atomic E-state index is 0.731. The Morgan fingerprint density at radius 1 is 1.44 bits per heavy atom. The molecule has 2 heterocycles.